The van der Waals surface area contributed by atoms with Gasteiger partial charge in [0.15, 0.2) is 17.5 Å². The number of nitrogens with one attached hydrogen (secondary N) is 1. The van der Waals surface area contributed by atoms with Crippen LogP contribution in [0.1, 0.15) is 18.4 Å². The maximum Gasteiger partial charge on any atom is 0.230 e. The molecular weight excluding hydrogens is 354 g/mol. The van der Waals surface area contributed by atoms with E-state index in [9.17, 15) is 13.6 Å². The highest BCUT2D eigenvalue weighted by Gasteiger charge is 2.42. The minimum Gasteiger partial charge on any atom is -0.377 e. The summed E-state index contributed by atoms with van der Waals surface area (Å²) in [4.78, 5) is 22.8. The Morgan fingerprint density at radius 3 is 2.96 bits per heavy atom. The quantitative estimate of drug-likeness (QED) is 0.890. The first-order valence-electron chi connectivity index (χ1n) is 8.96. The lowest BCUT2D eigenvalue weighted by Crippen LogP contribution is -2.51. The number of ether oxygens (including phenoxy) is 1. The predicted octanol–water partition coefficient (Wildman–Crippen LogP) is 2.37. The summed E-state index contributed by atoms with van der Waals surface area (Å²) in [6, 6.07) is 4.10. The summed E-state index contributed by atoms with van der Waals surface area (Å²) < 4.78 is 32.6. The minimum atomic E-state index is -0.860. The van der Waals surface area contributed by atoms with Gasteiger partial charge in [-0.3, -0.25) is 14.7 Å². The number of carbonyl (C=O) groups is 1. The van der Waals surface area contributed by atoms with Gasteiger partial charge in [-0.25, -0.2) is 13.8 Å². The standard InChI is InChI=1S/C19H20F2N4O2/c20-14-2-1-12(7-15(14)21)10-25-11-13(8-17-16(25)3-6-27-17)19(26)24-18-9-22-4-5-23-18/h1-2,4-5,7,9,13,16-17H,3,6,8,10-11H2,(H,23,24,26)/t13-,16+,17+/m0/s1. The van der Waals surface area contributed by atoms with Crippen LogP contribution in [0.3, 0.4) is 0 Å². The largest absolute Gasteiger partial charge is 0.377 e. The molecule has 3 atom stereocenters. The molecule has 2 saturated heterocycles. The third-order valence-corrected chi connectivity index (χ3v) is 5.17. The molecule has 2 aliphatic heterocycles. The lowest BCUT2D eigenvalue weighted by atomic mass is 9.89. The van der Waals surface area contributed by atoms with Crippen LogP contribution in [-0.2, 0) is 16.1 Å². The molecule has 2 aromatic rings. The number of amides is 1. The smallest absolute Gasteiger partial charge is 0.230 e. The van der Waals surface area contributed by atoms with E-state index in [1.165, 1.54) is 24.7 Å². The first-order chi connectivity index (χ1) is 13.1. The molecule has 0 aliphatic carbocycles. The zero-order valence-corrected chi connectivity index (χ0v) is 14.6. The van der Waals surface area contributed by atoms with Crippen LogP contribution in [0.15, 0.2) is 36.8 Å². The molecule has 1 amide bonds. The molecule has 0 unspecified atom stereocenters. The van der Waals surface area contributed by atoms with E-state index < -0.39 is 11.6 Å². The molecule has 1 aromatic carbocycles. The number of rotatable bonds is 4. The van der Waals surface area contributed by atoms with Gasteiger partial charge < -0.3 is 10.1 Å². The number of likely N-dealkylation sites (tertiary alicyclic amines) is 1. The molecule has 0 spiro atoms. The second kappa shape index (κ2) is 7.66. The molecular formula is C19H20F2N4O2. The van der Waals surface area contributed by atoms with Gasteiger partial charge in [0.05, 0.1) is 18.2 Å². The van der Waals surface area contributed by atoms with Crippen LogP contribution < -0.4 is 5.32 Å². The Hall–Kier alpha value is -2.45. The molecule has 8 heteroatoms. The molecule has 142 valence electrons. The van der Waals surface area contributed by atoms with Crippen molar-refractivity contribution in [1.29, 1.82) is 0 Å². The van der Waals surface area contributed by atoms with Gasteiger partial charge in [0, 0.05) is 38.1 Å². The number of piperidine rings is 1. The number of halogens is 2. The maximum absolute atomic E-state index is 13.6. The second-order valence-electron chi connectivity index (χ2n) is 6.96. The van der Waals surface area contributed by atoms with E-state index in [1.54, 1.807) is 6.07 Å². The highest BCUT2D eigenvalue weighted by molar-refractivity contribution is 5.91. The molecule has 2 aliphatic rings. The zero-order valence-electron chi connectivity index (χ0n) is 14.6. The van der Waals surface area contributed by atoms with Crippen molar-refractivity contribution in [2.75, 3.05) is 18.5 Å². The topological polar surface area (TPSA) is 67.3 Å². The van der Waals surface area contributed by atoms with Gasteiger partial charge in [0.2, 0.25) is 5.91 Å². The summed E-state index contributed by atoms with van der Waals surface area (Å²) in [7, 11) is 0. The number of nitrogens with zero attached hydrogens (tertiary/aromatic N) is 3. The van der Waals surface area contributed by atoms with Gasteiger partial charge in [0.25, 0.3) is 0 Å². The van der Waals surface area contributed by atoms with Crippen molar-refractivity contribution in [2.24, 2.45) is 5.92 Å². The molecule has 1 N–H and O–H groups in total. The van der Waals surface area contributed by atoms with Gasteiger partial charge in [0.1, 0.15) is 0 Å². The van der Waals surface area contributed by atoms with Crippen LogP contribution in [0.5, 0.6) is 0 Å². The highest BCUT2D eigenvalue weighted by atomic mass is 19.2. The summed E-state index contributed by atoms with van der Waals surface area (Å²) in [6.07, 6.45) is 6.01. The lowest BCUT2D eigenvalue weighted by molar-refractivity contribution is -0.124. The fourth-order valence-electron chi connectivity index (χ4n) is 3.89. The van der Waals surface area contributed by atoms with Gasteiger partial charge >= 0.3 is 0 Å². The molecule has 27 heavy (non-hydrogen) atoms. The molecule has 1 aromatic heterocycles. The van der Waals surface area contributed by atoms with Crippen molar-refractivity contribution in [3.63, 3.8) is 0 Å². The number of carbonyl (C=O) groups excluding carboxylic acids is 1. The first-order valence-corrected chi connectivity index (χ1v) is 8.96. The highest BCUT2D eigenvalue weighted by Crippen LogP contribution is 2.33. The van der Waals surface area contributed by atoms with Crippen molar-refractivity contribution < 1.29 is 18.3 Å². The third kappa shape index (κ3) is 3.96. The van der Waals surface area contributed by atoms with Crippen molar-refractivity contribution in [2.45, 2.75) is 31.5 Å². The summed E-state index contributed by atoms with van der Waals surface area (Å²) in [5.74, 6) is -1.73. The van der Waals surface area contributed by atoms with Crippen LogP contribution >= 0.6 is 0 Å². The summed E-state index contributed by atoms with van der Waals surface area (Å²) in [5, 5.41) is 2.79. The SMILES string of the molecule is O=C(Nc1cnccn1)[C@H]1C[C@H]2OCC[C@H]2N(Cc2ccc(F)c(F)c2)C1. The van der Waals surface area contributed by atoms with Gasteiger partial charge in [-0.15, -0.1) is 0 Å². The normalized spacial score (nSPS) is 25.2. The van der Waals surface area contributed by atoms with Gasteiger partial charge in [-0.1, -0.05) is 6.07 Å². The lowest BCUT2D eigenvalue weighted by Gasteiger charge is -2.40. The fourth-order valence-corrected chi connectivity index (χ4v) is 3.89. The van der Waals surface area contributed by atoms with Crippen LogP contribution in [0.4, 0.5) is 14.6 Å². The van der Waals surface area contributed by atoms with Crippen LogP contribution in [0, 0.1) is 17.6 Å². The average molecular weight is 374 g/mol. The maximum atomic E-state index is 13.6. The Kier molecular flexibility index (Phi) is 5.09. The van der Waals surface area contributed by atoms with E-state index in [1.807, 2.05) is 0 Å². The van der Waals surface area contributed by atoms with E-state index in [4.69, 9.17) is 4.74 Å². The van der Waals surface area contributed by atoms with Gasteiger partial charge in [-0.2, -0.15) is 0 Å². The summed E-state index contributed by atoms with van der Waals surface area (Å²) in [6.45, 7) is 1.61. The average Bonchev–Trinajstić information content (AvgIpc) is 3.14. The third-order valence-electron chi connectivity index (χ3n) is 5.17. The second-order valence-corrected chi connectivity index (χ2v) is 6.96. The number of hydrogen-bond acceptors (Lipinski definition) is 5. The van der Waals surface area contributed by atoms with Gasteiger partial charge in [-0.05, 0) is 30.5 Å². The molecule has 0 saturated carbocycles. The molecule has 0 radical (unpaired) electrons. The van der Waals surface area contributed by atoms with E-state index in [0.29, 0.717) is 37.5 Å². The number of anilines is 1. The van der Waals surface area contributed by atoms with Crippen molar-refractivity contribution >= 4 is 11.7 Å². The van der Waals surface area contributed by atoms with Crippen molar-refractivity contribution in [3.8, 4) is 0 Å². The Morgan fingerprint density at radius 1 is 1.30 bits per heavy atom. The zero-order chi connectivity index (χ0) is 18.8. The van der Waals surface area contributed by atoms with Crippen molar-refractivity contribution in [1.82, 2.24) is 14.9 Å². The van der Waals surface area contributed by atoms with E-state index in [0.717, 1.165) is 12.5 Å². The first kappa shape index (κ1) is 17.9. The fraction of sp³-hybridized carbons (Fsp3) is 0.421. The Labute approximate surface area is 155 Å². The Balaban J connectivity index is 1.48. The summed E-state index contributed by atoms with van der Waals surface area (Å²) in [5.41, 5.74) is 0.675. The minimum absolute atomic E-state index is 0.0401. The van der Waals surface area contributed by atoms with Crippen molar-refractivity contribution in [3.05, 3.63) is 54.0 Å². The van der Waals surface area contributed by atoms with Crippen LogP contribution in [0.2, 0.25) is 0 Å². The number of fused-ring (bicyclic) bond motifs is 1. The molecule has 6 nitrogen and oxygen atoms in total. The van der Waals surface area contributed by atoms with E-state index >= 15 is 0 Å². The Morgan fingerprint density at radius 2 is 2.19 bits per heavy atom. The number of aromatic nitrogens is 2. The number of hydrogen-bond donors (Lipinski definition) is 1. The molecule has 3 heterocycles. The molecule has 2 fully saturated rings. The number of benzene rings is 1. The summed E-state index contributed by atoms with van der Waals surface area (Å²) >= 11 is 0. The van der Waals surface area contributed by atoms with E-state index in [2.05, 4.69) is 20.2 Å². The molecule has 0 bridgehead atoms. The Bertz CT molecular complexity index is 821. The van der Waals surface area contributed by atoms with Crippen LogP contribution in [0.25, 0.3) is 0 Å². The predicted molar refractivity (Wildman–Crippen MR) is 93.7 cm³/mol. The monoisotopic (exact) mass is 374 g/mol. The van der Waals surface area contributed by atoms with Crippen LogP contribution in [-0.4, -0.2) is 46.1 Å². The molecule has 4 rings (SSSR count). The van der Waals surface area contributed by atoms with E-state index in [-0.39, 0.29) is 24.0 Å².